The largest absolute Gasteiger partial charge is 0.0748 e. The third-order valence-corrected chi connectivity index (χ3v) is 2.36. The van der Waals surface area contributed by atoms with E-state index in [-0.39, 0.29) is 0 Å². The SMILES string of the molecule is CCCCC1(C)C=CC=CC=C1. The van der Waals surface area contributed by atoms with Crippen molar-refractivity contribution in [2.75, 3.05) is 0 Å². The molecule has 0 N–H and O–H groups in total. The highest BCUT2D eigenvalue weighted by molar-refractivity contribution is 5.23. The molecule has 66 valence electrons. The third-order valence-electron chi connectivity index (χ3n) is 2.36. The van der Waals surface area contributed by atoms with Crippen LogP contribution in [0.1, 0.15) is 33.1 Å². The third kappa shape index (κ3) is 2.69. The van der Waals surface area contributed by atoms with E-state index in [0.29, 0.717) is 5.41 Å². The zero-order valence-corrected chi connectivity index (χ0v) is 8.09. The van der Waals surface area contributed by atoms with Crippen LogP contribution in [0.2, 0.25) is 0 Å². The van der Waals surface area contributed by atoms with Gasteiger partial charge in [0.05, 0.1) is 0 Å². The molecule has 0 fully saturated rings. The molecule has 0 aliphatic heterocycles. The Hall–Kier alpha value is -0.780. The van der Waals surface area contributed by atoms with Crippen molar-refractivity contribution in [2.24, 2.45) is 5.41 Å². The first-order valence-electron chi connectivity index (χ1n) is 4.80. The summed E-state index contributed by atoms with van der Waals surface area (Å²) < 4.78 is 0. The Balaban J connectivity index is 2.57. The van der Waals surface area contributed by atoms with E-state index in [2.05, 4.69) is 50.3 Å². The first-order chi connectivity index (χ1) is 5.77. The molecular weight excluding hydrogens is 144 g/mol. The van der Waals surface area contributed by atoms with Gasteiger partial charge in [-0.05, 0) is 6.42 Å². The normalized spacial score (nSPS) is 19.5. The van der Waals surface area contributed by atoms with Gasteiger partial charge in [-0.25, -0.2) is 0 Å². The minimum atomic E-state index is 0.291. The second kappa shape index (κ2) is 4.30. The van der Waals surface area contributed by atoms with Gasteiger partial charge >= 0.3 is 0 Å². The fourth-order valence-corrected chi connectivity index (χ4v) is 1.46. The van der Waals surface area contributed by atoms with Gasteiger partial charge in [-0.15, -0.1) is 0 Å². The monoisotopic (exact) mass is 162 g/mol. The lowest BCUT2D eigenvalue weighted by molar-refractivity contribution is 0.475. The maximum absolute atomic E-state index is 2.29. The average molecular weight is 162 g/mol. The molecule has 0 saturated carbocycles. The van der Waals surface area contributed by atoms with E-state index in [1.807, 2.05) is 0 Å². The van der Waals surface area contributed by atoms with Crippen LogP contribution in [-0.4, -0.2) is 0 Å². The van der Waals surface area contributed by atoms with Gasteiger partial charge in [0.25, 0.3) is 0 Å². The Morgan fingerprint density at radius 2 is 1.58 bits per heavy atom. The lowest BCUT2D eigenvalue weighted by Gasteiger charge is -2.20. The Morgan fingerprint density at radius 3 is 2.08 bits per heavy atom. The van der Waals surface area contributed by atoms with E-state index < -0.39 is 0 Å². The van der Waals surface area contributed by atoms with Crippen LogP contribution in [0.15, 0.2) is 36.5 Å². The van der Waals surface area contributed by atoms with Crippen LogP contribution in [0.5, 0.6) is 0 Å². The van der Waals surface area contributed by atoms with Gasteiger partial charge in [0.1, 0.15) is 0 Å². The highest BCUT2D eigenvalue weighted by atomic mass is 14.2. The number of hydrogen-bond donors (Lipinski definition) is 0. The van der Waals surface area contributed by atoms with E-state index in [1.165, 1.54) is 19.3 Å². The molecule has 1 aliphatic carbocycles. The summed E-state index contributed by atoms with van der Waals surface area (Å²) in [7, 11) is 0. The topological polar surface area (TPSA) is 0 Å². The molecule has 0 bridgehead atoms. The van der Waals surface area contributed by atoms with Gasteiger partial charge in [-0.1, -0.05) is 63.1 Å². The molecule has 0 saturated heterocycles. The van der Waals surface area contributed by atoms with Crippen LogP contribution in [0.25, 0.3) is 0 Å². The first-order valence-corrected chi connectivity index (χ1v) is 4.80. The molecule has 0 radical (unpaired) electrons. The summed E-state index contributed by atoms with van der Waals surface area (Å²) in [5, 5.41) is 0. The van der Waals surface area contributed by atoms with E-state index in [1.54, 1.807) is 0 Å². The summed E-state index contributed by atoms with van der Waals surface area (Å²) in [6.45, 7) is 4.54. The lowest BCUT2D eigenvalue weighted by atomic mass is 9.84. The van der Waals surface area contributed by atoms with Crippen molar-refractivity contribution in [2.45, 2.75) is 33.1 Å². The van der Waals surface area contributed by atoms with Crippen LogP contribution in [-0.2, 0) is 0 Å². The minimum Gasteiger partial charge on any atom is -0.0748 e. The van der Waals surface area contributed by atoms with Crippen molar-refractivity contribution >= 4 is 0 Å². The van der Waals surface area contributed by atoms with Crippen molar-refractivity contribution in [3.05, 3.63) is 36.5 Å². The highest BCUT2D eigenvalue weighted by Crippen LogP contribution is 2.28. The Morgan fingerprint density at radius 1 is 1.00 bits per heavy atom. The van der Waals surface area contributed by atoms with Crippen molar-refractivity contribution < 1.29 is 0 Å². The standard InChI is InChI=1S/C12H18/c1-3-4-9-12(2)10-7-5-6-8-11-12/h5-8,10-11H,3-4,9H2,1-2H3. The average Bonchev–Trinajstić information content (AvgIpc) is 2.27. The van der Waals surface area contributed by atoms with Gasteiger partial charge in [-0.2, -0.15) is 0 Å². The number of unbranched alkanes of at least 4 members (excludes halogenated alkanes) is 1. The Kier molecular flexibility index (Phi) is 3.33. The molecule has 1 rings (SSSR count). The molecular formula is C12H18. The number of hydrogen-bond acceptors (Lipinski definition) is 0. The van der Waals surface area contributed by atoms with Gasteiger partial charge in [0.2, 0.25) is 0 Å². The van der Waals surface area contributed by atoms with Crippen molar-refractivity contribution in [1.29, 1.82) is 0 Å². The second-order valence-electron chi connectivity index (χ2n) is 3.71. The Bertz CT molecular complexity index is 190. The molecule has 12 heavy (non-hydrogen) atoms. The summed E-state index contributed by atoms with van der Waals surface area (Å²) in [5.41, 5.74) is 0.291. The first kappa shape index (κ1) is 9.31. The number of allylic oxidation sites excluding steroid dienone is 6. The summed E-state index contributed by atoms with van der Waals surface area (Å²) in [4.78, 5) is 0. The van der Waals surface area contributed by atoms with Crippen molar-refractivity contribution in [1.82, 2.24) is 0 Å². The molecule has 0 amide bonds. The molecule has 0 aromatic rings. The predicted octanol–water partition coefficient (Wildman–Crippen LogP) is 3.87. The molecule has 0 nitrogen and oxygen atoms in total. The van der Waals surface area contributed by atoms with Crippen LogP contribution >= 0.6 is 0 Å². The lowest BCUT2D eigenvalue weighted by Crippen LogP contribution is -2.08. The molecule has 0 spiro atoms. The summed E-state index contributed by atoms with van der Waals surface area (Å²) in [6, 6.07) is 0. The molecule has 0 heterocycles. The molecule has 0 aromatic heterocycles. The molecule has 0 atom stereocenters. The minimum absolute atomic E-state index is 0.291. The van der Waals surface area contributed by atoms with Gasteiger partial charge < -0.3 is 0 Å². The number of rotatable bonds is 3. The van der Waals surface area contributed by atoms with Gasteiger partial charge in [-0.3, -0.25) is 0 Å². The molecule has 0 aromatic carbocycles. The van der Waals surface area contributed by atoms with Crippen LogP contribution in [0, 0.1) is 5.41 Å². The van der Waals surface area contributed by atoms with Crippen LogP contribution in [0.3, 0.4) is 0 Å². The fourth-order valence-electron chi connectivity index (χ4n) is 1.46. The van der Waals surface area contributed by atoms with E-state index in [4.69, 9.17) is 0 Å². The van der Waals surface area contributed by atoms with E-state index in [9.17, 15) is 0 Å². The zero-order chi connectivity index (χ0) is 8.86. The summed E-state index contributed by atoms with van der Waals surface area (Å²) >= 11 is 0. The van der Waals surface area contributed by atoms with Crippen molar-refractivity contribution in [3.63, 3.8) is 0 Å². The fraction of sp³-hybridized carbons (Fsp3) is 0.500. The van der Waals surface area contributed by atoms with Crippen LogP contribution in [0.4, 0.5) is 0 Å². The predicted molar refractivity (Wildman–Crippen MR) is 55.1 cm³/mol. The second-order valence-corrected chi connectivity index (χ2v) is 3.71. The smallest absolute Gasteiger partial charge is 0.00389 e. The zero-order valence-electron chi connectivity index (χ0n) is 8.09. The van der Waals surface area contributed by atoms with Gasteiger partial charge in [0.15, 0.2) is 0 Å². The molecule has 0 heteroatoms. The van der Waals surface area contributed by atoms with Crippen molar-refractivity contribution in [3.8, 4) is 0 Å². The van der Waals surface area contributed by atoms with E-state index >= 15 is 0 Å². The molecule has 0 unspecified atom stereocenters. The summed E-state index contributed by atoms with van der Waals surface area (Å²) in [5.74, 6) is 0. The quantitative estimate of drug-likeness (QED) is 0.591. The van der Waals surface area contributed by atoms with Crippen LogP contribution < -0.4 is 0 Å². The Labute approximate surface area is 75.7 Å². The maximum Gasteiger partial charge on any atom is 0.00389 e. The molecule has 1 aliphatic rings. The summed E-state index contributed by atoms with van der Waals surface area (Å²) in [6.07, 6.45) is 16.9. The van der Waals surface area contributed by atoms with Gasteiger partial charge in [0, 0.05) is 5.41 Å². The maximum atomic E-state index is 2.29. The highest BCUT2D eigenvalue weighted by Gasteiger charge is 2.15. The van der Waals surface area contributed by atoms with E-state index in [0.717, 1.165) is 0 Å².